The predicted octanol–water partition coefficient (Wildman–Crippen LogP) is 3.09. The number of hydrogen-bond acceptors (Lipinski definition) is 2. The number of aryl methyl sites for hydroxylation is 1. The minimum Gasteiger partial charge on any atom is -0.388 e. The van der Waals surface area contributed by atoms with Crippen LogP contribution in [0.3, 0.4) is 0 Å². The molecule has 96 valence electrons. The minimum atomic E-state index is -1.01. The fourth-order valence-corrected chi connectivity index (χ4v) is 1.29. The Morgan fingerprint density at radius 1 is 1.35 bits per heavy atom. The maximum Gasteiger partial charge on any atom is 0.152 e. The van der Waals surface area contributed by atoms with E-state index in [2.05, 4.69) is 5.32 Å². The molecule has 1 unspecified atom stereocenters. The molecule has 0 aliphatic carbocycles. The van der Waals surface area contributed by atoms with Gasteiger partial charge in [-0.3, -0.25) is 0 Å². The fraction of sp³-hybridized carbons (Fsp3) is 0.538. The molecule has 1 aromatic carbocycles. The largest absolute Gasteiger partial charge is 0.388 e. The number of aliphatic hydroxyl groups is 1. The molecule has 4 heteroatoms. The summed E-state index contributed by atoms with van der Waals surface area (Å²) in [5.41, 5.74) is -0.813. The molecule has 17 heavy (non-hydrogen) atoms. The first-order chi connectivity index (χ1) is 7.75. The maximum absolute atomic E-state index is 13.7. The van der Waals surface area contributed by atoms with E-state index < -0.39 is 17.2 Å². The second-order valence-electron chi connectivity index (χ2n) is 4.92. The third-order valence-corrected chi connectivity index (χ3v) is 3.15. The number of benzene rings is 1. The lowest BCUT2D eigenvalue weighted by atomic mass is 9.92. The quantitative estimate of drug-likeness (QED) is 0.851. The van der Waals surface area contributed by atoms with E-state index in [-0.39, 0.29) is 18.2 Å². The molecule has 1 aromatic rings. The minimum absolute atomic E-state index is 0.00840. The monoisotopic (exact) mass is 243 g/mol. The smallest absolute Gasteiger partial charge is 0.152 e. The topological polar surface area (TPSA) is 32.3 Å². The predicted molar refractivity (Wildman–Crippen MR) is 65.0 cm³/mol. The van der Waals surface area contributed by atoms with Gasteiger partial charge in [-0.2, -0.15) is 0 Å². The molecule has 0 fully saturated rings. The van der Waals surface area contributed by atoms with Gasteiger partial charge in [0.2, 0.25) is 0 Å². The van der Waals surface area contributed by atoms with Gasteiger partial charge in [0.05, 0.1) is 5.60 Å². The summed E-state index contributed by atoms with van der Waals surface area (Å²) in [6, 6.07) is 2.60. The first-order valence-corrected chi connectivity index (χ1v) is 5.66. The van der Waals surface area contributed by atoms with Crippen molar-refractivity contribution in [2.75, 3.05) is 11.9 Å². The van der Waals surface area contributed by atoms with Gasteiger partial charge in [-0.15, -0.1) is 0 Å². The summed E-state index contributed by atoms with van der Waals surface area (Å²) < 4.78 is 27.1. The summed E-state index contributed by atoms with van der Waals surface area (Å²) in [6.07, 6.45) is 0. The van der Waals surface area contributed by atoms with Crippen molar-refractivity contribution >= 4 is 5.69 Å². The first kappa shape index (κ1) is 13.9. The van der Waals surface area contributed by atoms with Crippen molar-refractivity contribution < 1.29 is 13.9 Å². The standard InChI is InChI=1S/C13H19F2NO/c1-8(2)13(4,17)7-16-12-10(14)6-5-9(3)11(12)15/h5-6,8,16-17H,7H2,1-4H3. The molecule has 0 spiro atoms. The van der Waals surface area contributed by atoms with Gasteiger partial charge in [-0.1, -0.05) is 19.9 Å². The highest BCUT2D eigenvalue weighted by Gasteiger charge is 2.25. The van der Waals surface area contributed by atoms with E-state index >= 15 is 0 Å². The van der Waals surface area contributed by atoms with Gasteiger partial charge in [0, 0.05) is 6.54 Å². The van der Waals surface area contributed by atoms with Crippen LogP contribution in [0.4, 0.5) is 14.5 Å². The zero-order chi connectivity index (χ0) is 13.2. The highest BCUT2D eigenvalue weighted by molar-refractivity contribution is 5.49. The number of hydrogen-bond donors (Lipinski definition) is 2. The van der Waals surface area contributed by atoms with Crippen LogP contribution in [0.25, 0.3) is 0 Å². The van der Waals surface area contributed by atoms with Crippen molar-refractivity contribution in [3.8, 4) is 0 Å². The zero-order valence-corrected chi connectivity index (χ0v) is 10.6. The summed E-state index contributed by atoms with van der Waals surface area (Å²) in [5.74, 6) is -1.26. The summed E-state index contributed by atoms with van der Waals surface area (Å²) >= 11 is 0. The molecular formula is C13H19F2NO. The summed E-state index contributed by atoms with van der Waals surface area (Å²) in [5, 5.41) is 12.6. The summed E-state index contributed by atoms with van der Waals surface area (Å²) in [7, 11) is 0. The SMILES string of the molecule is Cc1ccc(F)c(NCC(C)(O)C(C)C)c1F. The molecule has 0 saturated heterocycles. The Kier molecular flexibility index (Phi) is 4.09. The van der Waals surface area contributed by atoms with Crippen LogP contribution in [-0.2, 0) is 0 Å². The highest BCUT2D eigenvalue weighted by Crippen LogP contribution is 2.23. The number of anilines is 1. The third-order valence-electron chi connectivity index (χ3n) is 3.15. The molecule has 2 N–H and O–H groups in total. The van der Waals surface area contributed by atoms with Crippen LogP contribution < -0.4 is 5.32 Å². The van der Waals surface area contributed by atoms with Crippen molar-refractivity contribution in [1.82, 2.24) is 0 Å². The zero-order valence-electron chi connectivity index (χ0n) is 10.6. The summed E-state index contributed by atoms with van der Waals surface area (Å²) in [6.45, 7) is 7.01. The van der Waals surface area contributed by atoms with Gasteiger partial charge in [-0.05, 0) is 31.4 Å². The normalized spacial score (nSPS) is 14.8. The van der Waals surface area contributed by atoms with Crippen molar-refractivity contribution in [2.24, 2.45) is 5.92 Å². The van der Waals surface area contributed by atoms with Crippen molar-refractivity contribution in [2.45, 2.75) is 33.3 Å². The van der Waals surface area contributed by atoms with Gasteiger partial charge in [0.1, 0.15) is 11.5 Å². The lowest BCUT2D eigenvalue weighted by Gasteiger charge is -2.28. The fourth-order valence-electron chi connectivity index (χ4n) is 1.29. The second-order valence-corrected chi connectivity index (χ2v) is 4.92. The van der Waals surface area contributed by atoms with Gasteiger partial charge < -0.3 is 10.4 Å². The maximum atomic E-state index is 13.7. The molecule has 2 nitrogen and oxygen atoms in total. The molecular weight excluding hydrogens is 224 g/mol. The Balaban J connectivity index is 2.87. The number of halogens is 2. The van der Waals surface area contributed by atoms with Gasteiger partial charge in [0.25, 0.3) is 0 Å². The molecule has 0 saturated carbocycles. The molecule has 0 aromatic heterocycles. The lowest BCUT2D eigenvalue weighted by Crippen LogP contribution is -2.39. The van der Waals surface area contributed by atoms with E-state index in [9.17, 15) is 13.9 Å². The Labute approximate surface area is 101 Å². The van der Waals surface area contributed by atoms with Crippen LogP contribution in [0.2, 0.25) is 0 Å². The van der Waals surface area contributed by atoms with E-state index in [1.54, 1.807) is 13.8 Å². The Hall–Kier alpha value is -1.16. The molecule has 0 radical (unpaired) electrons. The van der Waals surface area contributed by atoms with Crippen LogP contribution in [0.5, 0.6) is 0 Å². The van der Waals surface area contributed by atoms with Crippen LogP contribution in [0, 0.1) is 24.5 Å². The van der Waals surface area contributed by atoms with Gasteiger partial charge >= 0.3 is 0 Å². The van der Waals surface area contributed by atoms with Crippen LogP contribution >= 0.6 is 0 Å². The van der Waals surface area contributed by atoms with Gasteiger partial charge in [0.15, 0.2) is 5.82 Å². The number of nitrogens with one attached hydrogen (secondary N) is 1. The average molecular weight is 243 g/mol. The van der Waals surface area contributed by atoms with E-state index in [0.717, 1.165) is 0 Å². The van der Waals surface area contributed by atoms with E-state index in [1.807, 2.05) is 13.8 Å². The molecule has 0 aliphatic heterocycles. The highest BCUT2D eigenvalue weighted by atomic mass is 19.1. The Morgan fingerprint density at radius 3 is 2.47 bits per heavy atom. The average Bonchev–Trinajstić information content (AvgIpc) is 2.23. The van der Waals surface area contributed by atoms with Crippen LogP contribution in [0.15, 0.2) is 12.1 Å². The lowest BCUT2D eigenvalue weighted by molar-refractivity contribution is 0.0265. The molecule has 0 aliphatic rings. The molecule has 1 atom stereocenters. The number of rotatable bonds is 4. The summed E-state index contributed by atoms with van der Waals surface area (Å²) in [4.78, 5) is 0. The van der Waals surface area contributed by atoms with Crippen molar-refractivity contribution in [3.63, 3.8) is 0 Å². The molecule has 0 heterocycles. The molecule has 0 amide bonds. The second kappa shape index (κ2) is 5.00. The van der Waals surface area contributed by atoms with Crippen LogP contribution in [-0.4, -0.2) is 17.3 Å². The molecule has 0 bridgehead atoms. The van der Waals surface area contributed by atoms with Gasteiger partial charge in [-0.25, -0.2) is 8.78 Å². The van der Waals surface area contributed by atoms with Crippen molar-refractivity contribution in [1.29, 1.82) is 0 Å². The van der Waals surface area contributed by atoms with E-state index in [1.165, 1.54) is 12.1 Å². The van der Waals surface area contributed by atoms with Crippen LogP contribution in [0.1, 0.15) is 26.3 Å². The third kappa shape index (κ3) is 3.16. The molecule has 1 rings (SSSR count). The Bertz CT molecular complexity index is 403. The van der Waals surface area contributed by atoms with Crippen molar-refractivity contribution in [3.05, 3.63) is 29.3 Å². The first-order valence-electron chi connectivity index (χ1n) is 5.66. The van der Waals surface area contributed by atoms with E-state index in [4.69, 9.17) is 0 Å². The Morgan fingerprint density at radius 2 is 1.94 bits per heavy atom. The van der Waals surface area contributed by atoms with E-state index in [0.29, 0.717) is 5.56 Å².